The lowest BCUT2D eigenvalue weighted by Crippen LogP contribution is -2.40. The van der Waals surface area contributed by atoms with E-state index in [1.54, 1.807) is 6.92 Å². The van der Waals surface area contributed by atoms with E-state index in [0.717, 1.165) is 12.5 Å². The highest BCUT2D eigenvalue weighted by atomic mass is 16.3. The van der Waals surface area contributed by atoms with Gasteiger partial charge in [0.25, 0.3) is 0 Å². The average Bonchev–Trinajstić information content (AvgIpc) is 2.31. The SMILES string of the molecule is CC(O)CNC1=NCC(C)N1. The smallest absolute Gasteiger partial charge is 0.191 e. The molecule has 0 amide bonds. The molecule has 4 heteroatoms. The molecule has 0 radical (unpaired) electrons. The van der Waals surface area contributed by atoms with Gasteiger partial charge in [-0.15, -0.1) is 0 Å². The molecule has 1 aliphatic rings. The molecule has 1 heterocycles. The van der Waals surface area contributed by atoms with Crippen LogP contribution in [-0.2, 0) is 0 Å². The molecule has 2 atom stereocenters. The highest BCUT2D eigenvalue weighted by Crippen LogP contribution is 1.91. The first-order chi connectivity index (χ1) is 5.18. The molecule has 0 aromatic heterocycles. The molecule has 0 saturated heterocycles. The summed E-state index contributed by atoms with van der Waals surface area (Å²) in [5, 5.41) is 15.1. The third-order valence-corrected chi connectivity index (χ3v) is 1.47. The van der Waals surface area contributed by atoms with Crippen molar-refractivity contribution in [3.8, 4) is 0 Å². The monoisotopic (exact) mass is 157 g/mol. The van der Waals surface area contributed by atoms with Gasteiger partial charge in [-0.25, -0.2) is 0 Å². The van der Waals surface area contributed by atoms with E-state index in [9.17, 15) is 0 Å². The first-order valence-electron chi connectivity index (χ1n) is 3.91. The molecule has 11 heavy (non-hydrogen) atoms. The summed E-state index contributed by atoms with van der Waals surface area (Å²) in [6, 6.07) is 0.423. The third-order valence-electron chi connectivity index (χ3n) is 1.47. The van der Waals surface area contributed by atoms with Crippen LogP contribution in [0, 0.1) is 0 Å². The number of aliphatic hydroxyl groups excluding tert-OH is 1. The van der Waals surface area contributed by atoms with Crippen LogP contribution in [0.15, 0.2) is 4.99 Å². The molecule has 0 aromatic rings. The second-order valence-electron chi connectivity index (χ2n) is 2.96. The number of aliphatic imine (C=N–C) groups is 1. The molecule has 0 saturated carbocycles. The zero-order valence-corrected chi connectivity index (χ0v) is 6.96. The minimum Gasteiger partial charge on any atom is -0.392 e. The first-order valence-corrected chi connectivity index (χ1v) is 3.91. The molecule has 0 spiro atoms. The molecule has 64 valence electrons. The highest BCUT2D eigenvalue weighted by molar-refractivity contribution is 5.81. The first kappa shape index (κ1) is 8.33. The summed E-state index contributed by atoms with van der Waals surface area (Å²) in [6.45, 7) is 5.19. The zero-order valence-electron chi connectivity index (χ0n) is 6.96. The number of aliphatic hydroxyl groups is 1. The summed E-state index contributed by atoms with van der Waals surface area (Å²) in [5.74, 6) is 0.804. The second kappa shape index (κ2) is 3.57. The molecule has 0 fully saturated rings. The van der Waals surface area contributed by atoms with Gasteiger partial charge in [-0.2, -0.15) is 0 Å². The lowest BCUT2D eigenvalue weighted by molar-refractivity contribution is 0.197. The van der Waals surface area contributed by atoms with Crippen LogP contribution in [0.1, 0.15) is 13.8 Å². The Kier molecular flexibility index (Phi) is 2.70. The Balaban J connectivity index is 2.18. The van der Waals surface area contributed by atoms with Gasteiger partial charge in [0.05, 0.1) is 12.6 Å². The van der Waals surface area contributed by atoms with E-state index in [0.29, 0.717) is 12.6 Å². The van der Waals surface area contributed by atoms with E-state index >= 15 is 0 Å². The Morgan fingerprint density at radius 3 is 3.09 bits per heavy atom. The van der Waals surface area contributed by atoms with Crippen molar-refractivity contribution in [2.45, 2.75) is 26.0 Å². The van der Waals surface area contributed by atoms with Crippen LogP contribution < -0.4 is 10.6 Å². The summed E-state index contributed by atoms with van der Waals surface area (Å²) >= 11 is 0. The maximum absolute atomic E-state index is 8.93. The van der Waals surface area contributed by atoms with Crippen LogP contribution in [0.3, 0.4) is 0 Å². The van der Waals surface area contributed by atoms with Crippen molar-refractivity contribution in [3.63, 3.8) is 0 Å². The molecule has 3 N–H and O–H groups in total. The van der Waals surface area contributed by atoms with Gasteiger partial charge in [0, 0.05) is 12.6 Å². The van der Waals surface area contributed by atoms with E-state index in [-0.39, 0.29) is 6.10 Å². The number of guanidine groups is 1. The maximum atomic E-state index is 8.93. The minimum absolute atomic E-state index is 0.324. The van der Waals surface area contributed by atoms with Gasteiger partial charge in [-0.3, -0.25) is 4.99 Å². The molecule has 1 aliphatic heterocycles. The largest absolute Gasteiger partial charge is 0.392 e. The normalized spacial score (nSPS) is 25.7. The topological polar surface area (TPSA) is 56.6 Å². The quantitative estimate of drug-likeness (QED) is 0.497. The van der Waals surface area contributed by atoms with Crippen molar-refractivity contribution in [1.82, 2.24) is 10.6 Å². The summed E-state index contributed by atoms with van der Waals surface area (Å²) in [7, 11) is 0. The predicted molar refractivity (Wildman–Crippen MR) is 44.6 cm³/mol. The Morgan fingerprint density at radius 1 is 1.91 bits per heavy atom. The minimum atomic E-state index is -0.324. The fourth-order valence-corrected chi connectivity index (χ4v) is 0.904. The number of rotatable bonds is 2. The molecule has 1 rings (SSSR count). The molecular formula is C7H15N3O. The summed E-state index contributed by atoms with van der Waals surface area (Å²) in [4.78, 5) is 4.17. The lowest BCUT2D eigenvalue weighted by Gasteiger charge is -2.09. The van der Waals surface area contributed by atoms with Crippen LogP contribution in [0.25, 0.3) is 0 Å². The Bertz CT molecular complexity index is 156. The van der Waals surface area contributed by atoms with Crippen LogP contribution >= 0.6 is 0 Å². The van der Waals surface area contributed by atoms with Gasteiger partial charge < -0.3 is 15.7 Å². The van der Waals surface area contributed by atoms with Gasteiger partial charge >= 0.3 is 0 Å². The summed E-state index contributed by atoms with van der Waals surface area (Å²) in [6.07, 6.45) is -0.324. The molecule has 0 aromatic carbocycles. The third kappa shape index (κ3) is 2.76. The highest BCUT2D eigenvalue weighted by Gasteiger charge is 2.11. The van der Waals surface area contributed by atoms with Crippen molar-refractivity contribution in [2.75, 3.05) is 13.1 Å². The predicted octanol–water partition coefficient (Wildman–Crippen LogP) is -0.696. The van der Waals surface area contributed by atoms with Gasteiger partial charge in [0.1, 0.15) is 0 Å². The van der Waals surface area contributed by atoms with Gasteiger partial charge in [0.15, 0.2) is 5.96 Å². The van der Waals surface area contributed by atoms with Crippen molar-refractivity contribution in [2.24, 2.45) is 4.99 Å². The Morgan fingerprint density at radius 2 is 2.64 bits per heavy atom. The van der Waals surface area contributed by atoms with E-state index < -0.39 is 0 Å². The molecule has 0 aliphatic carbocycles. The van der Waals surface area contributed by atoms with Gasteiger partial charge in [0.2, 0.25) is 0 Å². The molecular weight excluding hydrogens is 142 g/mol. The van der Waals surface area contributed by atoms with Crippen molar-refractivity contribution >= 4 is 5.96 Å². The van der Waals surface area contributed by atoms with Crippen molar-refractivity contribution in [1.29, 1.82) is 0 Å². The van der Waals surface area contributed by atoms with Crippen LogP contribution in [0.5, 0.6) is 0 Å². The number of nitrogens with zero attached hydrogens (tertiary/aromatic N) is 1. The van der Waals surface area contributed by atoms with Crippen molar-refractivity contribution < 1.29 is 5.11 Å². The van der Waals surface area contributed by atoms with E-state index in [1.165, 1.54) is 0 Å². The van der Waals surface area contributed by atoms with Crippen LogP contribution in [0.2, 0.25) is 0 Å². The molecule has 0 bridgehead atoms. The fourth-order valence-electron chi connectivity index (χ4n) is 0.904. The Hall–Kier alpha value is -0.770. The Labute approximate surface area is 66.7 Å². The van der Waals surface area contributed by atoms with E-state index in [4.69, 9.17) is 5.11 Å². The van der Waals surface area contributed by atoms with E-state index in [1.807, 2.05) is 0 Å². The lowest BCUT2D eigenvalue weighted by atomic mass is 10.4. The van der Waals surface area contributed by atoms with E-state index in [2.05, 4.69) is 22.5 Å². The number of hydrogen-bond acceptors (Lipinski definition) is 4. The standard InChI is InChI=1S/C7H15N3O/c1-5-3-8-7(10-5)9-4-6(2)11/h5-6,11H,3-4H2,1-2H3,(H2,8,9,10). The second-order valence-corrected chi connectivity index (χ2v) is 2.96. The van der Waals surface area contributed by atoms with Gasteiger partial charge in [-0.05, 0) is 13.8 Å². The fraction of sp³-hybridized carbons (Fsp3) is 0.857. The van der Waals surface area contributed by atoms with Crippen LogP contribution in [-0.4, -0.2) is 36.3 Å². The maximum Gasteiger partial charge on any atom is 0.191 e. The number of nitrogens with one attached hydrogen (secondary N) is 2. The average molecular weight is 157 g/mol. The van der Waals surface area contributed by atoms with Gasteiger partial charge in [-0.1, -0.05) is 0 Å². The number of hydrogen-bond donors (Lipinski definition) is 3. The summed E-state index contributed by atoms with van der Waals surface area (Å²) < 4.78 is 0. The molecule has 2 unspecified atom stereocenters. The van der Waals surface area contributed by atoms with Crippen molar-refractivity contribution in [3.05, 3.63) is 0 Å². The molecule has 4 nitrogen and oxygen atoms in total. The summed E-state index contributed by atoms with van der Waals surface area (Å²) in [5.41, 5.74) is 0. The van der Waals surface area contributed by atoms with Crippen LogP contribution in [0.4, 0.5) is 0 Å². The zero-order chi connectivity index (χ0) is 8.27.